The topological polar surface area (TPSA) is 98.2 Å². The van der Waals surface area contributed by atoms with E-state index in [1.165, 1.54) is 6.20 Å². The molecule has 0 aliphatic carbocycles. The van der Waals surface area contributed by atoms with E-state index >= 15 is 8.78 Å². The molecule has 44 heavy (non-hydrogen) atoms. The number of ketones is 1. The first-order valence-electron chi connectivity index (χ1n) is 14.6. The number of benzene rings is 2. The second-order valence-corrected chi connectivity index (χ2v) is 12.3. The summed E-state index contributed by atoms with van der Waals surface area (Å²) in [5.41, 5.74) is -1.24. The normalized spacial score (nSPS) is 19.5. The third kappa shape index (κ3) is 5.73. The molecule has 1 fully saturated rings. The van der Waals surface area contributed by atoms with Crippen molar-refractivity contribution in [2.45, 2.75) is 70.6 Å². The van der Waals surface area contributed by atoms with E-state index < -0.39 is 58.3 Å². The van der Waals surface area contributed by atoms with Crippen molar-refractivity contribution in [1.82, 2.24) is 9.88 Å². The summed E-state index contributed by atoms with van der Waals surface area (Å²) in [5, 5.41) is 8.84. The SMILES string of the molecule is CCC(=O)c1cnc(OCCO)c(F)c1-c1c(Cl)c(F)cc2c1C[C@](c1ccccc1)([C@@H]1CCCN1C(=O)OC(C)(C)C)O2. The number of rotatable bonds is 8. The van der Waals surface area contributed by atoms with Crippen molar-refractivity contribution in [2.75, 3.05) is 19.8 Å². The Morgan fingerprint density at radius 2 is 1.93 bits per heavy atom. The highest BCUT2D eigenvalue weighted by molar-refractivity contribution is 6.34. The Labute approximate surface area is 259 Å². The van der Waals surface area contributed by atoms with E-state index in [2.05, 4.69) is 4.98 Å². The van der Waals surface area contributed by atoms with Crippen LogP contribution in [0.25, 0.3) is 11.1 Å². The fourth-order valence-electron chi connectivity index (χ4n) is 6.07. The molecule has 3 heterocycles. The molecule has 1 saturated heterocycles. The molecule has 0 saturated carbocycles. The zero-order chi connectivity index (χ0) is 31.8. The van der Waals surface area contributed by atoms with Gasteiger partial charge in [-0.2, -0.15) is 0 Å². The molecule has 2 aliphatic heterocycles. The van der Waals surface area contributed by atoms with Crippen LogP contribution in [0.3, 0.4) is 0 Å². The summed E-state index contributed by atoms with van der Waals surface area (Å²) in [6.45, 7) is 6.77. The highest BCUT2D eigenvalue weighted by Crippen LogP contribution is 2.53. The number of nitrogens with zero attached hydrogens (tertiary/aromatic N) is 2. The maximum atomic E-state index is 16.2. The lowest BCUT2D eigenvalue weighted by molar-refractivity contribution is -0.0216. The minimum atomic E-state index is -1.21. The van der Waals surface area contributed by atoms with Crippen LogP contribution < -0.4 is 9.47 Å². The van der Waals surface area contributed by atoms with E-state index in [0.29, 0.717) is 24.9 Å². The second-order valence-electron chi connectivity index (χ2n) is 11.9. The Balaban J connectivity index is 1.72. The average Bonchev–Trinajstić information content (AvgIpc) is 3.63. The lowest BCUT2D eigenvalue weighted by Gasteiger charge is -2.40. The lowest BCUT2D eigenvalue weighted by Crippen LogP contribution is -2.53. The summed E-state index contributed by atoms with van der Waals surface area (Å²) >= 11 is 6.62. The van der Waals surface area contributed by atoms with E-state index in [1.807, 2.05) is 30.3 Å². The zero-order valence-electron chi connectivity index (χ0n) is 25.1. The number of fused-ring (bicyclic) bond motifs is 1. The summed E-state index contributed by atoms with van der Waals surface area (Å²) in [4.78, 5) is 32.1. The molecular weight excluding hydrogens is 594 g/mol. The summed E-state index contributed by atoms with van der Waals surface area (Å²) in [6, 6.07) is 9.91. The number of hydrogen-bond donors (Lipinski definition) is 1. The minimum Gasteiger partial charge on any atom is -0.480 e. The minimum absolute atomic E-state index is 0.0253. The summed E-state index contributed by atoms with van der Waals surface area (Å²) in [6.07, 6.45) is 2.03. The largest absolute Gasteiger partial charge is 0.480 e. The molecule has 2 aliphatic rings. The Morgan fingerprint density at radius 3 is 2.59 bits per heavy atom. The van der Waals surface area contributed by atoms with E-state index in [9.17, 15) is 14.7 Å². The number of carbonyl (C=O) groups is 2. The van der Waals surface area contributed by atoms with Crippen LogP contribution in [0.2, 0.25) is 5.02 Å². The molecule has 1 aromatic heterocycles. The van der Waals surface area contributed by atoms with Crippen molar-refractivity contribution >= 4 is 23.5 Å². The van der Waals surface area contributed by atoms with Gasteiger partial charge in [0.05, 0.1) is 17.7 Å². The maximum absolute atomic E-state index is 16.2. The molecule has 234 valence electrons. The van der Waals surface area contributed by atoms with E-state index in [-0.39, 0.29) is 41.9 Å². The van der Waals surface area contributed by atoms with Crippen LogP contribution in [-0.4, -0.2) is 58.3 Å². The van der Waals surface area contributed by atoms with Crippen molar-refractivity contribution in [3.05, 3.63) is 75.9 Å². The van der Waals surface area contributed by atoms with Gasteiger partial charge in [0.1, 0.15) is 23.8 Å². The van der Waals surface area contributed by atoms with Gasteiger partial charge in [0.2, 0.25) is 0 Å². The van der Waals surface area contributed by atoms with Crippen molar-refractivity contribution in [1.29, 1.82) is 0 Å². The van der Waals surface area contributed by atoms with E-state index in [4.69, 9.17) is 25.8 Å². The third-order valence-corrected chi connectivity index (χ3v) is 8.26. The smallest absolute Gasteiger partial charge is 0.410 e. The number of ether oxygens (including phenoxy) is 3. The van der Waals surface area contributed by atoms with Crippen molar-refractivity contribution < 1.29 is 37.7 Å². The number of carbonyl (C=O) groups excluding carboxylic acids is 2. The number of halogens is 3. The monoisotopic (exact) mass is 628 g/mol. The van der Waals surface area contributed by atoms with Crippen LogP contribution in [-0.2, 0) is 16.8 Å². The first kappa shape index (κ1) is 31.7. The molecule has 1 amide bonds. The van der Waals surface area contributed by atoms with Crippen LogP contribution >= 0.6 is 11.6 Å². The van der Waals surface area contributed by atoms with Gasteiger partial charge in [-0.25, -0.2) is 18.6 Å². The number of Topliss-reactive ketones (excluding diaryl/α,β-unsaturated/α-hetero) is 1. The van der Waals surface area contributed by atoms with Gasteiger partial charge in [-0.3, -0.25) is 4.79 Å². The molecule has 8 nitrogen and oxygen atoms in total. The van der Waals surface area contributed by atoms with Crippen LogP contribution in [0.5, 0.6) is 11.6 Å². The Bertz CT molecular complexity index is 1580. The van der Waals surface area contributed by atoms with Crippen LogP contribution in [0.4, 0.5) is 13.6 Å². The Kier molecular flexibility index (Phi) is 8.87. The quantitative estimate of drug-likeness (QED) is 0.272. The first-order valence-corrected chi connectivity index (χ1v) is 15.0. The predicted molar refractivity (Wildman–Crippen MR) is 160 cm³/mol. The molecule has 1 N–H and O–H groups in total. The number of aliphatic hydroxyl groups excluding tert-OH is 1. The maximum Gasteiger partial charge on any atom is 0.410 e. The summed E-state index contributed by atoms with van der Waals surface area (Å²) in [5.74, 6) is -2.67. The molecule has 2 aromatic carbocycles. The van der Waals surface area contributed by atoms with Crippen molar-refractivity contribution in [3.8, 4) is 22.8 Å². The number of hydrogen-bond acceptors (Lipinski definition) is 7. The first-order chi connectivity index (χ1) is 20.9. The highest BCUT2D eigenvalue weighted by atomic mass is 35.5. The third-order valence-electron chi connectivity index (χ3n) is 7.89. The summed E-state index contributed by atoms with van der Waals surface area (Å²) in [7, 11) is 0. The van der Waals surface area contributed by atoms with Gasteiger partial charge in [0.15, 0.2) is 17.2 Å². The zero-order valence-corrected chi connectivity index (χ0v) is 25.8. The molecule has 0 unspecified atom stereocenters. The number of likely N-dealkylation sites (tertiary alicyclic amines) is 1. The van der Waals surface area contributed by atoms with Gasteiger partial charge < -0.3 is 24.2 Å². The van der Waals surface area contributed by atoms with Crippen LogP contribution in [0, 0.1) is 11.6 Å². The van der Waals surface area contributed by atoms with Crippen molar-refractivity contribution in [2.24, 2.45) is 0 Å². The lowest BCUT2D eigenvalue weighted by atomic mass is 9.79. The van der Waals surface area contributed by atoms with E-state index in [0.717, 1.165) is 11.6 Å². The number of pyridine rings is 1. The molecule has 0 spiro atoms. The molecular formula is C33H35ClF2N2O6. The fraction of sp³-hybridized carbons (Fsp3) is 0.424. The second kappa shape index (κ2) is 12.3. The number of aliphatic hydroxyl groups is 1. The van der Waals surface area contributed by atoms with Gasteiger partial charge in [-0.1, -0.05) is 48.9 Å². The van der Waals surface area contributed by atoms with Crippen LogP contribution in [0.15, 0.2) is 42.6 Å². The van der Waals surface area contributed by atoms with Gasteiger partial charge in [0, 0.05) is 53.9 Å². The van der Waals surface area contributed by atoms with Crippen molar-refractivity contribution in [3.63, 3.8) is 0 Å². The van der Waals surface area contributed by atoms with Crippen LogP contribution in [0.1, 0.15) is 68.4 Å². The van der Waals surface area contributed by atoms with Gasteiger partial charge in [-0.05, 0) is 39.2 Å². The fourth-order valence-corrected chi connectivity index (χ4v) is 6.33. The Hall–Kier alpha value is -3.76. The molecule has 5 rings (SSSR count). The molecule has 3 aromatic rings. The highest BCUT2D eigenvalue weighted by Gasteiger charge is 2.54. The molecule has 0 radical (unpaired) electrons. The number of aromatic nitrogens is 1. The van der Waals surface area contributed by atoms with E-state index in [1.54, 1.807) is 32.6 Å². The van der Waals surface area contributed by atoms with Gasteiger partial charge in [-0.15, -0.1) is 0 Å². The van der Waals surface area contributed by atoms with Gasteiger partial charge >= 0.3 is 6.09 Å². The molecule has 2 atom stereocenters. The number of amides is 1. The predicted octanol–water partition coefficient (Wildman–Crippen LogP) is 6.87. The Morgan fingerprint density at radius 1 is 1.20 bits per heavy atom. The van der Waals surface area contributed by atoms with Gasteiger partial charge in [0.25, 0.3) is 5.88 Å². The standard InChI is InChI=1S/C33H35ClF2N2O6/c1-5-23(40)21-18-37-30(42-15-14-39)29(36)27(21)26-20-17-33(19-10-7-6-8-11-19,43-24(20)16-22(35)28(26)34)25-12-9-13-38(25)31(41)44-32(2,3)4/h6-8,10-11,16,18,25,39H,5,9,12-15,17H2,1-4H3/t25-,33-/m0/s1. The average molecular weight is 629 g/mol. The summed E-state index contributed by atoms with van der Waals surface area (Å²) < 4.78 is 49.6. The molecule has 0 bridgehead atoms. The molecule has 11 heteroatoms.